The van der Waals surface area contributed by atoms with Gasteiger partial charge >= 0.3 is 0 Å². The second-order valence-corrected chi connectivity index (χ2v) is 6.18. The monoisotopic (exact) mass is 291 g/mol. The number of hydrogen-bond donors (Lipinski definition) is 1. The van der Waals surface area contributed by atoms with Crippen molar-refractivity contribution < 1.29 is 4.79 Å². The molecule has 6 nitrogen and oxygen atoms in total. The summed E-state index contributed by atoms with van der Waals surface area (Å²) in [6.07, 6.45) is 2.98. The highest BCUT2D eigenvalue weighted by Crippen LogP contribution is 2.27. The zero-order valence-corrected chi connectivity index (χ0v) is 12.4. The summed E-state index contributed by atoms with van der Waals surface area (Å²) in [6.45, 7) is 4.64. The predicted molar refractivity (Wildman–Crippen MR) is 76.8 cm³/mol. The van der Waals surface area contributed by atoms with Gasteiger partial charge in [0, 0.05) is 18.3 Å². The fourth-order valence-corrected chi connectivity index (χ4v) is 3.58. The number of rotatable bonds is 2. The number of hydrogen-bond acceptors (Lipinski definition) is 5. The molecule has 1 N–H and O–H groups in total. The first-order valence-corrected chi connectivity index (χ1v) is 7.67. The van der Waals surface area contributed by atoms with E-state index in [0.29, 0.717) is 0 Å². The summed E-state index contributed by atoms with van der Waals surface area (Å²) >= 11 is 1.48. The van der Waals surface area contributed by atoms with Gasteiger partial charge in [0.05, 0.1) is 5.25 Å². The Morgan fingerprint density at radius 2 is 2.20 bits per heavy atom. The molecule has 20 heavy (non-hydrogen) atoms. The first-order valence-electron chi connectivity index (χ1n) is 6.79. The van der Waals surface area contributed by atoms with Crippen LogP contribution in [0.2, 0.25) is 0 Å². The van der Waals surface area contributed by atoms with Crippen molar-refractivity contribution in [1.82, 2.24) is 24.9 Å². The normalized spacial score (nSPS) is 19.9. The van der Waals surface area contributed by atoms with E-state index >= 15 is 0 Å². The Bertz CT molecular complexity index is 653. The average Bonchev–Trinajstić information content (AvgIpc) is 2.68. The highest BCUT2D eigenvalue weighted by atomic mass is 32.2. The standard InChI is InChI=1S/C13H17N5OS/c1-8-7-11-16-17-13(18(11)9(2)15-8)20-10-5-3-4-6-14-12(10)19/h7,10H,3-6H2,1-2H3,(H,14,19)/t10-/m1/s1. The van der Waals surface area contributed by atoms with Crippen molar-refractivity contribution in [2.75, 3.05) is 6.54 Å². The number of amides is 1. The van der Waals surface area contributed by atoms with Crippen LogP contribution in [0.5, 0.6) is 0 Å². The number of aryl methyl sites for hydroxylation is 2. The van der Waals surface area contributed by atoms with Gasteiger partial charge in [-0.1, -0.05) is 18.2 Å². The molecule has 0 bridgehead atoms. The van der Waals surface area contributed by atoms with Crippen molar-refractivity contribution in [1.29, 1.82) is 0 Å². The Hall–Kier alpha value is -1.63. The molecule has 0 spiro atoms. The summed E-state index contributed by atoms with van der Waals surface area (Å²) in [5, 5.41) is 12.0. The Kier molecular flexibility index (Phi) is 3.60. The lowest BCUT2D eigenvalue weighted by Crippen LogP contribution is -2.30. The van der Waals surface area contributed by atoms with E-state index in [4.69, 9.17) is 0 Å². The molecule has 0 saturated carbocycles. The minimum absolute atomic E-state index is 0.0920. The lowest BCUT2D eigenvalue weighted by atomic mass is 10.2. The summed E-state index contributed by atoms with van der Waals surface area (Å²) < 4.78 is 1.91. The Morgan fingerprint density at radius 1 is 1.35 bits per heavy atom. The van der Waals surface area contributed by atoms with Crippen LogP contribution in [0.3, 0.4) is 0 Å². The summed E-state index contributed by atoms with van der Waals surface area (Å²) in [5.74, 6) is 0.948. The van der Waals surface area contributed by atoms with Gasteiger partial charge < -0.3 is 5.32 Å². The van der Waals surface area contributed by atoms with Crippen molar-refractivity contribution >= 4 is 23.3 Å². The molecule has 0 unspecified atom stereocenters. The van der Waals surface area contributed by atoms with E-state index in [2.05, 4.69) is 20.5 Å². The van der Waals surface area contributed by atoms with Crippen LogP contribution in [0.4, 0.5) is 0 Å². The summed E-state index contributed by atoms with van der Waals surface area (Å²) in [5.41, 5.74) is 1.71. The predicted octanol–water partition coefficient (Wildman–Crippen LogP) is 1.50. The number of nitrogens with one attached hydrogen (secondary N) is 1. The lowest BCUT2D eigenvalue weighted by Gasteiger charge is -2.11. The molecule has 1 amide bonds. The Labute approximate surface area is 121 Å². The molecule has 7 heteroatoms. The molecule has 1 aliphatic rings. The van der Waals surface area contributed by atoms with E-state index in [9.17, 15) is 4.79 Å². The number of carbonyl (C=O) groups is 1. The topological polar surface area (TPSA) is 72.2 Å². The van der Waals surface area contributed by atoms with Crippen LogP contribution in [0.1, 0.15) is 30.8 Å². The Balaban J connectivity index is 1.92. The van der Waals surface area contributed by atoms with Crippen LogP contribution in [0.15, 0.2) is 11.2 Å². The molecule has 106 valence electrons. The van der Waals surface area contributed by atoms with E-state index in [1.165, 1.54) is 11.8 Å². The number of thioether (sulfide) groups is 1. The van der Waals surface area contributed by atoms with Crippen LogP contribution in [-0.2, 0) is 4.79 Å². The van der Waals surface area contributed by atoms with Gasteiger partial charge in [0.1, 0.15) is 5.82 Å². The van der Waals surface area contributed by atoms with Gasteiger partial charge in [0.2, 0.25) is 5.91 Å². The summed E-state index contributed by atoms with van der Waals surface area (Å²) in [6, 6.07) is 1.90. The first kappa shape index (κ1) is 13.4. The molecule has 2 aromatic rings. The van der Waals surface area contributed by atoms with E-state index < -0.39 is 0 Å². The third kappa shape index (κ3) is 2.49. The van der Waals surface area contributed by atoms with Gasteiger partial charge in [0.15, 0.2) is 10.8 Å². The van der Waals surface area contributed by atoms with Crippen molar-refractivity contribution in [3.63, 3.8) is 0 Å². The van der Waals surface area contributed by atoms with Crippen LogP contribution >= 0.6 is 11.8 Å². The molecular weight excluding hydrogens is 274 g/mol. The molecule has 0 aliphatic carbocycles. The maximum atomic E-state index is 12.0. The summed E-state index contributed by atoms with van der Waals surface area (Å²) in [7, 11) is 0. The van der Waals surface area contributed by atoms with Gasteiger partial charge in [-0.15, -0.1) is 10.2 Å². The fourth-order valence-electron chi connectivity index (χ4n) is 2.43. The SMILES string of the molecule is Cc1cc2nnc(S[C@@H]3CCCCNC3=O)n2c(C)n1. The quantitative estimate of drug-likeness (QED) is 0.908. The Morgan fingerprint density at radius 3 is 3.05 bits per heavy atom. The molecule has 1 fully saturated rings. The summed E-state index contributed by atoms with van der Waals surface area (Å²) in [4.78, 5) is 16.4. The van der Waals surface area contributed by atoms with Gasteiger partial charge in [0.25, 0.3) is 0 Å². The molecular formula is C13H17N5OS. The first-order chi connectivity index (χ1) is 9.65. The van der Waals surface area contributed by atoms with Crippen LogP contribution in [-0.4, -0.2) is 37.3 Å². The van der Waals surface area contributed by atoms with Crippen molar-refractivity contribution in [3.05, 3.63) is 17.6 Å². The van der Waals surface area contributed by atoms with Gasteiger partial charge in [-0.2, -0.15) is 0 Å². The molecule has 1 aliphatic heterocycles. The number of fused-ring (bicyclic) bond motifs is 1. The highest BCUT2D eigenvalue weighted by Gasteiger charge is 2.24. The average molecular weight is 291 g/mol. The number of carbonyl (C=O) groups excluding carboxylic acids is 1. The maximum absolute atomic E-state index is 12.0. The molecule has 0 aromatic carbocycles. The molecule has 1 atom stereocenters. The third-order valence-corrected chi connectivity index (χ3v) is 4.60. The zero-order chi connectivity index (χ0) is 14.1. The van der Waals surface area contributed by atoms with Crippen molar-refractivity contribution in [2.45, 2.75) is 43.5 Å². The highest BCUT2D eigenvalue weighted by molar-refractivity contribution is 8.00. The zero-order valence-electron chi connectivity index (χ0n) is 11.6. The van der Waals surface area contributed by atoms with Crippen molar-refractivity contribution in [2.24, 2.45) is 0 Å². The van der Waals surface area contributed by atoms with Gasteiger partial charge in [-0.3, -0.25) is 9.20 Å². The van der Waals surface area contributed by atoms with Crippen LogP contribution in [0.25, 0.3) is 5.65 Å². The number of nitrogens with zero attached hydrogens (tertiary/aromatic N) is 4. The molecule has 3 heterocycles. The molecule has 1 saturated heterocycles. The van der Waals surface area contributed by atoms with Crippen molar-refractivity contribution in [3.8, 4) is 0 Å². The second kappa shape index (κ2) is 5.40. The van der Waals surface area contributed by atoms with Crippen LogP contribution < -0.4 is 5.32 Å². The van der Waals surface area contributed by atoms with Crippen LogP contribution in [0, 0.1) is 13.8 Å². The molecule has 0 radical (unpaired) electrons. The van der Waals surface area contributed by atoms with E-state index in [1.54, 1.807) is 0 Å². The lowest BCUT2D eigenvalue weighted by molar-refractivity contribution is -0.120. The number of aromatic nitrogens is 4. The maximum Gasteiger partial charge on any atom is 0.233 e. The minimum atomic E-state index is -0.0920. The molecule has 2 aromatic heterocycles. The largest absolute Gasteiger partial charge is 0.355 e. The minimum Gasteiger partial charge on any atom is -0.355 e. The van der Waals surface area contributed by atoms with E-state index in [1.807, 2.05) is 24.3 Å². The smallest absolute Gasteiger partial charge is 0.233 e. The van der Waals surface area contributed by atoms with Gasteiger partial charge in [-0.25, -0.2) is 4.98 Å². The van der Waals surface area contributed by atoms with Gasteiger partial charge in [-0.05, 0) is 26.7 Å². The van der Waals surface area contributed by atoms with E-state index in [0.717, 1.165) is 48.1 Å². The van der Waals surface area contributed by atoms with E-state index in [-0.39, 0.29) is 11.2 Å². The fraction of sp³-hybridized carbons (Fsp3) is 0.538. The second-order valence-electron chi connectivity index (χ2n) is 5.01. The molecule has 3 rings (SSSR count). The third-order valence-electron chi connectivity index (χ3n) is 3.39.